The highest BCUT2D eigenvalue weighted by Crippen LogP contribution is 2.43. The van der Waals surface area contributed by atoms with Gasteiger partial charge in [-0.2, -0.15) is 0 Å². The summed E-state index contributed by atoms with van der Waals surface area (Å²) in [4.78, 5) is 27.3. The Morgan fingerprint density at radius 1 is 0.472 bits per heavy atom. The Kier molecular flexibility index (Phi) is 3.74. The van der Waals surface area contributed by atoms with Crippen molar-refractivity contribution in [2.45, 2.75) is 6.42 Å². The minimum atomic E-state index is -0.0389. The molecule has 0 radical (unpaired) electrons. The molecule has 1 aliphatic carbocycles. The average molecular weight is 462 g/mol. The highest BCUT2D eigenvalue weighted by atomic mass is 16.1. The normalized spacial score (nSPS) is 12.6. The van der Waals surface area contributed by atoms with E-state index in [1.54, 1.807) is 0 Å². The minimum Gasteiger partial charge on any atom is -0.307 e. The first-order valence-electron chi connectivity index (χ1n) is 12.2. The fraction of sp³-hybridized carbons (Fsp3) is 0.0303. The van der Waals surface area contributed by atoms with Gasteiger partial charge in [0.25, 0.3) is 0 Å². The molecule has 0 bridgehead atoms. The van der Waals surface area contributed by atoms with Crippen LogP contribution in [0.25, 0.3) is 60.3 Å². The molecule has 8 rings (SSSR count). The van der Waals surface area contributed by atoms with Crippen LogP contribution in [0.15, 0.2) is 113 Å². The summed E-state index contributed by atoms with van der Waals surface area (Å²) in [7, 11) is 0. The fourth-order valence-corrected chi connectivity index (χ4v) is 6.25. The number of hydrogen-bond acceptors (Lipinski definition) is 2. The van der Waals surface area contributed by atoms with E-state index in [-0.39, 0.29) is 10.9 Å². The largest absolute Gasteiger partial charge is 0.307 e. The van der Waals surface area contributed by atoms with Gasteiger partial charge in [0.1, 0.15) is 0 Å². The summed E-state index contributed by atoms with van der Waals surface area (Å²) in [5, 5.41) is 2.47. The van der Waals surface area contributed by atoms with Gasteiger partial charge in [-0.25, -0.2) is 0 Å². The maximum Gasteiger partial charge on any atom is 0.197 e. The van der Waals surface area contributed by atoms with Crippen molar-refractivity contribution in [3.8, 4) is 22.3 Å². The summed E-state index contributed by atoms with van der Waals surface area (Å²) < 4.78 is 2.15. The zero-order chi connectivity index (χ0) is 24.0. The monoisotopic (exact) mass is 461 g/mol. The van der Waals surface area contributed by atoms with Crippen LogP contribution in [-0.2, 0) is 6.42 Å². The molecule has 0 spiro atoms. The molecule has 0 saturated heterocycles. The van der Waals surface area contributed by atoms with Gasteiger partial charge < -0.3 is 4.40 Å². The molecule has 1 aliphatic rings. The lowest BCUT2D eigenvalue weighted by Crippen LogP contribution is -2.14. The molecular formula is C33H19NO2. The van der Waals surface area contributed by atoms with Gasteiger partial charge in [0, 0.05) is 27.1 Å². The Morgan fingerprint density at radius 3 is 1.83 bits per heavy atom. The molecule has 0 fully saturated rings. The molecule has 3 heteroatoms. The lowest BCUT2D eigenvalue weighted by molar-refractivity contribution is 1.26. The Labute approximate surface area is 205 Å². The lowest BCUT2D eigenvalue weighted by atomic mass is 9.93. The van der Waals surface area contributed by atoms with Crippen molar-refractivity contribution in [1.29, 1.82) is 0 Å². The van der Waals surface area contributed by atoms with Gasteiger partial charge >= 0.3 is 0 Å². The van der Waals surface area contributed by atoms with Crippen LogP contribution < -0.4 is 10.9 Å². The predicted octanol–water partition coefficient (Wildman–Crippen LogP) is 6.80. The van der Waals surface area contributed by atoms with Crippen LogP contribution in [0.3, 0.4) is 0 Å². The van der Waals surface area contributed by atoms with Crippen LogP contribution in [0.5, 0.6) is 0 Å². The summed E-state index contributed by atoms with van der Waals surface area (Å²) in [6, 6.07) is 34.2. The maximum atomic E-state index is 13.8. The fourth-order valence-electron chi connectivity index (χ4n) is 6.25. The van der Waals surface area contributed by atoms with Gasteiger partial charge in [0.2, 0.25) is 0 Å². The molecular weight excluding hydrogens is 442 g/mol. The van der Waals surface area contributed by atoms with Gasteiger partial charge in [-0.1, -0.05) is 72.8 Å². The van der Waals surface area contributed by atoms with Crippen molar-refractivity contribution >= 4 is 38.1 Å². The highest BCUT2D eigenvalue weighted by Gasteiger charge is 2.24. The smallest absolute Gasteiger partial charge is 0.197 e. The average Bonchev–Trinajstić information content (AvgIpc) is 3.31. The van der Waals surface area contributed by atoms with Gasteiger partial charge in [0.05, 0.1) is 16.6 Å². The molecule has 5 aromatic carbocycles. The van der Waals surface area contributed by atoms with E-state index in [1.807, 2.05) is 54.6 Å². The number of hydrogen-bond donors (Lipinski definition) is 0. The third-order valence-electron chi connectivity index (χ3n) is 7.78. The SMILES string of the molecule is O=c1c2ccccc2n2c3c(-c4cccc5c4Cc4ccccc4-5)cccc3c(=O)c3cccc1c32. The lowest BCUT2D eigenvalue weighted by Gasteiger charge is -2.18. The number of pyridine rings is 2. The third kappa shape index (κ3) is 2.37. The van der Waals surface area contributed by atoms with Crippen LogP contribution in [0.2, 0.25) is 0 Å². The molecule has 0 saturated carbocycles. The molecule has 2 aromatic heterocycles. The Hall–Kier alpha value is -4.76. The van der Waals surface area contributed by atoms with Crippen molar-refractivity contribution in [2.24, 2.45) is 0 Å². The first-order valence-corrected chi connectivity index (χ1v) is 12.2. The van der Waals surface area contributed by atoms with E-state index in [1.165, 1.54) is 22.3 Å². The molecule has 0 N–H and O–H groups in total. The number of para-hydroxylation sites is 3. The molecule has 2 heterocycles. The molecule has 0 atom stereocenters. The van der Waals surface area contributed by atoms with Crippen LogP contribution in [-0.4, -0.2) is 4.40 Å². The Bertz CT molecular complexity index is 2160. The van der Waals surface area contributed by atoms with Gasteiger partial charge in [-0.15, -0.1) is 0 Å². The first kappa shape index (κ1) is 19.5. The summed E-state index contributed by atoms with van der Waals surface area (Å²) >= 11 is 0. The number of rotatable bonds is 1. The Morgan fingerprint density at radius 2 is 1.00 bits per heavy atom. The standard InChI is InChI=1S/C33H19NO2/c35-32-24-10-3-4-17-29(24)34-30-23(13-6-14-25(30)33(36)27-16-7-15-26(32)31(27)34)22-12-5-11-21-20-9-2-1-8-19(20)18-28(21)22/h1-17H,18H2. The van der Waals surface area contributed by atoms with E-state index in [9.17, 15) is 9.59 Å². The second kappa shape index (κ2) is 6.89. The quantitative estimate of drug-likeness (QED) is 0.199. The summed E-state index contributed by atoms with van der Waals surface area (Å²) in [5.41, 5.74) is 9.55. The van der Waals surface area contributed by atoms with Crippen LogP contribution >= 0.6 is 0 Å². The minimum absolute atomic E-state index is 0.0384. The molecule has 0 unspecified atom stereocenters. The van der Waals surface area contributed by atoms with E-state index in [0.717, 1.165) is 28.6 Å². The Balaban J connectivity index is 1.62. The number of benzene rings is 5. The molecule has 168 valence electrons. The maximum absolute atomic E-state index is 13.8. The molecule has 0 amide bonds. The summed E-state index contributed by atoms with van der Waals surface area (Å²) in [5.74, 6) is 0. The number of nitrogens with zero attached hydrogens (tertiary/aromatic N) is 1. The van der Waals surface area contributed by atoms with E-state index >= 15 is 0 Å². The predicted molar refractivity (Wildman–Crippen MR) is 147 cm³/mol. The second-order valence-electron chi connectivity index (χ2n) is 9.58. The topological polar surface area (TPSA) is 38.5 Å². The zero-order valence-electron chi connectivity index (χ0n) is 19.3. The first-order chi connectivity index (χ1) is 17.7. The second-order valence-corrected chi connectivity index (χ2v) is 9.58. The van der Waals surface area contributed by atoms with Gasteiger partial charge in [-0.05, 0) is 64.6 Å². The van der Waals surface area contributed by atoms with Crippen LogP contribution in [0.4, 0.5) is 0 Å². The highest BCUT2D eigenvalue weighted by molar-refractivity contribution is 6.10. The van der Waals surface area contributed by atoms with Crippen LogP contribution in [0, 0.1) is 0 Å². The molecule has 36 heavy (non-hydrogen) atoms. The van der Waals surface area contributed by atoms with E-state index in [2.05, 4.69) is 52.9 Å². The number of aromatic nitrogens is 1. The van der Waals surface area contributed by atoms with E-state index < -0.39 is 0 Å². The van der Waals surface area contributed by atoms with Crippen LogP contribution in [0.1, 0.15) is 11.1 Å². The molecule has 0 aliphatic heterocycles. The van der Waals surface area contributed by atoms with Crippen molar-refractivity contribution in [1.82, 2.24) is 4.40 Å². The van der Waals surface area contributed by atoms with E-state index in [0.29, 0.717) is 27.1 Å². The van der Waals surface area contributed by atoms with Crippen molar-refractivity contribution in [3.63, 3.8) is 0 Å². The molecule has 7 aromatic rings. The molecule has 3 nitrogen and oxygen atoms in total. The zero-order valence-corrected chi connectivity index (χ0v) is 19.3. The van der Waals surface area contributed by atoms with Gasteiger partial charge in [-0.3, -0.25) is 9.59 Å². The van der Waals surface area contributed by atoms with E-state index in [4.69, 9.17) is 0 Å². The van der Waals surface area contributed by atoms with Crippen molar-refractivity contribution in [3.05, 3.63) is 135 Å². The van der Waals surface area contributed by atoms with Crippen molar-refractivity contribution < 1.29 is 0 Å². The third-order valence-corrected chi connectivity index (χ3v) is 7.78. The summed E-state index contributed by atoms with van der Waals surface area (Å²) in [6.07, 6.45) is 0.857. The summed E-state index contributed by atoms with van der Waals surface area (Å²) in [6.45, 7) is 0. The number of fused-ring (bicyclic) bond motifs is 7. The van der Waals surface area contributed by atoms with Crippen molar-refractivity contribution in [2.75, 3.05) is 0 Å². The van der Waals surface area contributed by atoms with Gasteiger partial charge in [0.15, 0.2) is 10.9 Å².